The van der Waals surface area contributed by atoms with Gasteiger partial charge in [0.2, 0.25) is 0 Å². The Labute approximate surface area is 211 Å². The van der Waals surface area contributed by atoms with Crippen LogP contribution in [-0.4, -0.2) is 9.97 Å². The second-order valence-electron chi connectivity index (χ2n) is 8.69. The number of hydrogen-bond acceptors (Lipinski definition) is 3. The number of benzene rings is 3. The molecule has 0 N–H and O–H groups in total. The summed E-state index contributed by atoms with van der Waals surface area (Å²) in [5.74, 6) is -1.96. The van der Waals surface area contributed by atoms with Crippen LogP contribution >= 0.6 is 0 Å². The van der Waals surface area contributed by atoms with E-state index in [0.717, 1.165) is 28.9 Å². The molecular weight excluding hydrogens is 478 g/mol. The predicted octanol–water partition coefficient (Wildman–Crippen LogP) is 8.45. The van der Waals surface area contributed by atoms with Crippen molar-refractivity contribution in [1.82, 2.24) is 9.97 Å². The zero-order valence-electron chi connectivity index (χ0n) is 20.0. The van der Waals surface area contributed by atoms with Crippen molar-refractivity contribution in [3.05, 3.63) is 125 Å². The lowest BCUT2D eigenvalue weighted by molar-refractivity contribution is 0.584. The van der Waals surface area contributed by atoms with E-state index >= 15 is 0 Å². The van der Waals surface area contributed by atoms with Crippen molar-refractivity contribution in [3.63, 3.8) is 0 Å². The Morgan fingerprint density at radius 1 is 0.541 bits per heavy atom. The highest BCUT2D eigenvalue weighted by Gasteiger charge is 2.19. The van der Waals surface area contributed by atoms with Gasteiger partial charge in [0.1, 0.15) is 34.9 Å². The van der Waals surface area contributed by atoms with E-state index in [2.05, 4.69) is 9.97 Å². The Hall–Kier alpha value is -4.52. The minimum absolute atomic E-state index is 0.152. The Balaban J connectivity index is 1.68. The van der Waals surface area contributed by atoms with Gasteiger partial charge in [-0.05, 0) is 85.6 Å². The van der Waals surface area contributed by atoms with Crippen molar-refractivity contribution in [2.45, 2.75) is 13.8 Å². The molecule has 5 aromatic rings. The summed E-state index contributed by atoms with van der Waals surface area (Å²) in [6.45, 7) is 3.92. The van der Waals surface area contributed by atoms with Gasteiger partial charge in [-0.3, -0.25) is 4.90 Å². The molecule has 37 heavy (non-hydrogen) atoms. The van der Waals surface area contributed by atoms with E-state index in [4.69, 9.17) is 0 Å². The first kappa shape index (κ1) is 24.2. The summed E-state index contributed by atoms with van der Waals surface area (Å²) >= 11 is 0. The topological polar surface area (TPSA) is 29.0 Å². The standard InChI is InChI=1S/C30H21F4N3/c1-18-13-19(2)15-22(14-18)37(29-7-3-5-27(35-29)23-11-9-20(31)16-25(23)33)30-8-4-6-28(36-30)24-12-10-21(32)17-26(24)34/h3-17H,1-2H3. The fourth-order valence-corrected chi connectivity index (χ4v) is 4.25. The minimum atomic E-state index is -0.727. The SMILES string of the molecule is Cc1cc(C)cc(N(c2cccc(-c3ccc(F)cc3F)n2)c2cccc(-c3ccc(F)cc3F)n2)c1. The van der Waals surface area contributed by atoms with Gasteiger partial charge in [-0.15, -0.1) is 0 Å². The van der Waals surface area contributed by atoms with Crippen LogP contribution in [0.4, 0.5) is 34.9 Å². The third kappa shape index (κ3) is 5.07. The number of aromatic nitrogens is 2. The summed E-state index contributed by atoms with van der Waals surface area (Å²) < 4.78 is 56.1. The number of nitrogens with zero attached hydrogens (tertiary/aromatic N) is 3. The molecule has 0 aliphatic carbocycles. The highest BCUT2D eigenvalue weighted by molar-refractivity contribution is 5.76. The Morgan fingerprint density at radius 2 is 1.00 bits per heavy atom. The van der Waals surface area contributed by atoms with Gasteiger partial charge >= 0.3 is 0 Å². The third-order valence-electron chi connectivity index (χ3n) is 5.81. The van der Waals surface area contributed by atoms with Crippen molar-refractivity contribution >= 4 is 17.3 Å². The fourth-order valence-electron chi connectivity index (χ4n) is 4.25. The molecule has 0 aliphatic heterocycles. The molecular formula is C30H21F4N3. The number of aryl methyl sites for hydroxylation is 2. The molecule has 0 radical (unpaired) electrons. The molecule has 0 fully saturated rings. The lowest BCUT2D eigenvalue weighted by atomic mass is 10.1. The van der Waals surface area contributed by atoms with Crippen LogP contribution in [-0.2, 0) is 0 Å². The molecule has 0 bridgehead atoms. The third-order valence-corrected chi connectivity index (χ3v) is 5.81. The first-order valence-electron chi connectivity index (χ1n) is 11.5. The second kappa shape index (κ2) is 9.85. The van der Waals surface area contributed by atoms with Crippen molar-refractivity contribution in [3.8, 4) is 22.5 Å². The monoisotopic (exact) mass is 499 g/mol. The van der Waals surface area contributed by atoms with Crippen LogP contribution in [0.5, 0.6) is 0 Å². The normalized spacial score (nSPS) is 11.0. The zero-order chi connectivity index (χ0) is 26.1. The van der Waals surface area contributed by atoms with E-state index < -0.39 is 23.3 Å². The highest BCUT2D eigenvalue weighted by atomic mass is 19.1. The molecule has 0 aliphatic rings. The maximum absolute atomic E-state index is 14.6. The van der Waals surface area contributed by atoms with E-state index in [0.29, 0.717) is 23.0 Å². The average Bonchev–Trinajstić information content (AvgIpc) is 2.84. The number of anilines is 3. The molecule has 184 valence electrons. The van der Waals surface area contributed by atoms with Gasteiger partial charge in [0.15, 0.2) is 0 Å². The average molecular weight is 500 g/mol. The molecule has 0 amide bonds. The van der Waals surface area contributed by atoms with Crippen LogP contribution in [0.2, 0.25) is 0 Å². The summed E-state index contributed by atoms with van der Waals surface area (Å²) in [4.78, 5) is 11.1. The molecule has 2 heterocycles. The van der Waals surface area contributed by atoms with Gasteiger partial charge in [-0.25, -0.2) is 27.5 Å². The lowest BCUT2D eigenvalue weighted by Gasteiger charge is -2.25. The van der Waals surface area contributed by atoms with Crippen LogP contribution < -0.4 is 4.90 Å². The Kier molecular flexibility index (Phi) is 6.44. The van der Waals surface area contributed by atoms with Crippen molar-refractivity contribution in [2.24, 2.45) is 0 Å². The van der Waals surface area contributed by atoms with Gasteiger partial charge in [0, 0.05) is 28.9 Å². The molecule has 3 nitrogen and oxygen atoms in total. The lowest BCUT2D eigenvalue weighted by Crippen LogP contribution is -2.14. The fraction of sp³-hybridized carbons (Fsp3) is 0.0667. The van der Waals surface area contributed by atoms with Gasteiger partial charge in [-0.1, -0.05) is 18.2 Å². The quantitative estimate of drug-likeness (QED) is 0.227. The van der Waals surface area contributed by atoms with Crippen LogP contribution in [0.25, 0.3) is 22.5 Å². The number of pyridine rings is 2. The predicted molar refractivity (Wildman–Crippen MR) is 137 cm³/mol. The van der Waals surface area contributed by atoms with Gasteiger partial charge < -0.3 is 0 Å². The summed E-state index contributed by atoms with van der Waals surface area (Å²) in [5.41, 5.74) is 3.67. The second-order valence-corrected chi connectivity index (χ2v) is 8.69. The van der Waals surface area contributed by atoms with Crippen molar-refractivity contribution in [2.75, 3.05) is 4.90 Å². The summed E-state index contributed by atoms with van der Waals surface area (Å²) in [6, 6.07) is 22.8. The van der Waals surface area contributed by atoms with Crippen LogP contribution in [0.3, 0.4) is 0 Å². The molecule has 0 atom stereocenters. The smallest absolute Gasteiger partial charge is 0.139 e. The minimum Gasteiger partial charge on any atom is -0.279 e. The van der Waals surface area contributed by atoms with Gasteiger partial charge in [0.05, 0.1) is 11.4 Å². The molecule has 0 saturated heterocycles. The number of rotatable bonds is 5. The van der Waals surface area contributed by atoms with Crippen molar-refractivity contribution < 1.29 is 17.6 Å². The summed E-state index contributed by atoms with van der Waals surface area (Å²) in [7, 11) is 0. The Bertz CT molecular complexity index is 1500. The highest BCUT2D eigenvalue weighted by Crippen LogP contribution is 2.36. The van der Waals surface area contributed by atoms with Crippen molar-refractivity contribution in [1.29, 1.82) is 0 Å². The van der Waals surface area contributed by atoms with E-state index in [9.17, 15) is 17.6 Å². The van der Waals surface area contributed by atoms with E-state index in [1.165, 1.54) is 24.3 Å². The molecule has 7 heteroatoms. The Morgan fingerprint density at radius 3 is 1.43 bits per heavy atom. The maximum Gasteiger partial charge on any atom is 0.139 e. The number of hydrogen-bond donors (Lipinski definition) is 0. The van der Waals surface area contributed by atoms with E-state index in [-0.39, 0.29) is 11.1 Å². The largest absolute Gasteiger partial charge is 0.279 e. The molecule has 0 spiro atoms. The molecule has 2 aromatic heterocycles. The first-order valence-corrected chi connectivity index (χ1v) is 11.5. The maximum atomic E-state index is 14.6. The molecule has 3 aromatic carbocycles. The van der Waals surface area contributed by atoms with E-state index in [1.54, 1.807) is 41.3 Å². The first-order chi connectivity index (χ1) is 17.8. The number of halogens is 4. The molecule has 5 rings (SSSR count). The van der Waals surface area contributed by atoms with Crippen LogP contribution in [0, 0.1) is 37.1 Å². The van der Waals surface area contributed by atoms with Crippen LogP contribution in [0.1, 0.15) is 11.1 Å². The zero-order valence-corrected chi connectivity index (χ0v) is 20.0. The summed E-state index contributed by atoms with van der Waals surface area (Å²) in [6.07, 6.45) is 0. The summed E-state index contributed by atoms with van der Waals surface area (Å²) in [5, 5.41) is 0. The molecule has 0 unspecified atom stereocenters. The molecule has 0 saturated carbocycles. The van der Waals surface area contributed by atoms with Gasteiger partial charge in [0.25, 0.3) is 0 Å². The van der Waals surface area contributed by atoms with Gasteiger partial charge in [-0.2, -0.15) is 0 Å². The van der Waals surface area contributed by atoms with Crippen LogP contribution in [0.15, 0.2) is 91.0 Å². The van der Waals surface area contributed by atoms with E-state index in [1.807, 2.05) is 32.0 Å².